The molecule has 5 rings (SSSR count). The molecule has 7 heteroatoms. The lowest BCUT2D eigenvalue weighted by Gasteiger charge is -2.33. The van der Waals surface area contributed by atoms with Crippen LogP contribution < -0.4 is 5.32 Å². The summed E-state index contributed by atoms with van der Waals surface area (Å²) in [4.78, 5) is 14.2. The zero-order valence-corrected chi connectivity index (χ0v) is 25.1. The Morgan fingerprint density at radius 2 is 1.67 bits per heavy atom. The van der Waals surface area contributed by atoms with Gasteiger partial charge in [0.15, 0.2) is 6.29 Å². The van der Waals surface area contributed by atoms with E-state index in [2.05, 4.69) is 23.7 Å². The molecule has 0 bridgehead atoms. The number of anilines is 1. The molecule has 6 nitrogen and oxygen atoms in total. The number of halogens is 1. The lowest BCUT2D eigenvalue weighted by atomic mass is 9.94. The Hall–Kier alpha value is -3.78. The molecule has 4 aromatic rings. The molecular weight excluding hydrogens is 543 g/mol. The first-order valence-corrected chi connectivity index (χ1v) is 15.2. The fraction of sp³-hybridized carbons (Fsp3) is 0.361. The predicted octanol–water partition coefficient (Wildman–Crippen LogP) is 8.02. The highest BCUT2D eigenvalue weighted by molar-refractivity contribution is 6.12. The second kappa shape index (κ2) is 14.1. The van der Waals surface area contributed by atoms with Crippen LogP contribution >= 0.6 is 0 Å². The number of amides is 1. The van der Waals surface area contributed by atoms with E-state index >= 15 is 0 Å². The van der Waals surface area contributed by atoms with Crippen LogP contribution in [-0.4, -0.2) is 40.7 Å². The molecule has 1 amide bonds. The van der Waals surface area contributed by atoms with E-state index in [-0.39, 0.29) is 23.7 Å². The van der Waals surface area contributed by atoms with Gasteiger partial charge in [0.25, 0.3) is 5.91 Å². The molecule has 0 spiro atoms. The van der Waals surface area contributed by atoms with Crippen LogP contribution in [0.15, 0.2) is 84.9 Å². The molecule has 2 N–H and O–H groups in total. The molecule has 0 radical (unpaired) electrons. The standard InChI is InChI=1S/C36H41FN2O4/c1-4-21-42-31-23-29(40)22-30(43-31)19-20-39-34(24(2)3)33(36(41)38-28-13-9-6-10-14-28)32(25-11-7-5-8-12-25)35(39)26-15-17-27(37)18-16-26/h5-18,24,29-31,40H,4,19-23H2,1-3H3,(H,38,41)/t29?,30-,31?/m1/s1. The van der Waals surface area contributed by atoms with Crippen LogP contribution in [-0.2, 0) is 16.0 Å². The fourth-order valence-corrected chi connectivity index (χ4v) is 5.97. The van der Waals surface area contributed by atoms with E-state index in [4.69, 9.17) is 9.47 Å². The number of aliphatic hydroxyl groups is 1. The van der Waals surface area contributed by atoms with E-state index in [1.807, 2.05) is 67.6 Å². The molecule has 3 atom stereocenters. The van der Waals surface area contributed by atoms with Crippen molar-refractivity contribution in [2.75, 3.05) is 11.9 Å². The second-order valence-corrected chi connectivity index (χ2v) is 11.5. The molecule has 3 aromatic carbocycles. The van der Waals surface area contributed by atoms with Gasteiger partial charge in [-0.05, 0) is 72.7 Å². The first-order valence-electron chi connectivity index (χ1n) is 15.2. The van der Waals surface area contributed by atoms with E-state index in [9.17, 15) is 14.3 Å². The largest absolute Gasteiger partial charge is 0.393 e. The van der Waals surface area contributed by atoms with Crippen molar-refractivity contribution in [3.05, 3.63) is 102 Å². The lowest BCUT2D eigenvalue weighted by molar-refractivity contribution is -0.216. The van der Waals surface area contributed by atoms with Gasteiger partial charge in [-0.25, -0.2) is 4.39 Å². The number of para-hydroxylation sites is 1. The summed E-state index contributed by atoms with van der Waals surface area (Å²) in [5.74, 6) is -0.531. The van der Waals surface area contributed by atoms with Gasteiger partial charge in [-0.1, -0.05) is 69.3 Å². The van der Waals surface area contributed by atoms with E-state index in [0.717, 1.165) is 34.5 Å². The van der Waals surface area contributed by atoms with Gasteiger partial charge in [0.05, 0.1) is 23.5 Å². The van der Waals surface area contributed by atoms with E-state index in [0.29, 0.717) is 43.7 Å². The number of hydrogen-bond donors (Lipinski definition) is 2. The van der Waals surface area contributed by atoms with Gasteiger partial charge in [0.2, 0.25) is 0 Å². The first kappa shape index (κ1) is 30.7. The summed E-state index contributed by atoms with van der Waals surface area (Å²) in [6.07, 6.45) is 1.31. The number of aliphatic hydroxyl groups excluding tert-OH is 1. The molecule has 226 valence electrons. The van der Waals surface area contributed by atoms with Gasteiger partial charge in [-0.15, -0.1) is 0 Å². The Balaban J connectivity index is 1.64. The topological polar surface area (TPSA) is 72.7 Å². The van der Waals surface area contributed by atoms with Crippen LogP contribution in [0, 0.1) is 5.82 Å². The number of nitrogens with one attached hydrogen (secondary N) is 1. The molecule has 1 aliphatic heterocycles. The van der Waals surface area contributed by atoms with Crippen molar-refractivity contribution in [2.24, 2.45) is 0 Å². The average molecular weight is 585 g/mol. The second-order valence-electron chi connectivity index (χ2n) is 11.5. The maximum Gasteiger partial charge on any atom is 0.258 e. The van der Waals surface area contributed by atoms with Gasteiger partial charge in [-0.2, -0.15) is 0 Å². The van der Waals surface area contributed by atoms with Crippen LogP contribution in [0.1, 0.15) is 68.4 Å². The number of hydrogen-bond acceptors (Lipinski definition) is 4. The van der Waals surface area contributed by atoms with E-state index in [1.165, 1.54) is 12.1 Å². The SMILES string of the molecule is CCCOC1CC(O)C[C@@H](CCn2c(-c3ccc(F)cc3)c(-c3ccccc3)c(C(=O)Nc3ccccc3)c2C(C)C)O1. The van der Waals surface area contributed by atoms with Crippen LogP contribution in [0.3, 0.4) is 0 Å². The number of carbonyl (C=O) groups is 1. The molecule has 2 heterocycles. The molecule has 1 aromatic heterocycles. The third-order valence-electron chi connectivity index (χ3n) is 7.82. The van der Waals surface area contributed by atoms with E-state index in [1.54, 1.807) is 12.1 Å². The Morgan fingerprint density at radius 1 is 1.00 bits per heavy atom. The average Bonchev–Trinajstić information content (AvgIpc) is 3.36. The van der Waals surface area contributed by atoms with Crippen LogP contribution in [0.25, 0.3) is 22.4 Å². The molecule has 1 saturated heterocycles. The summed E-state index contributed by atoms with van der Waals surface area (Å²) in [6.45, 7) is 7.33. The number of rotatable bonds is 11. The maximum atomic E-state index is 14.2. The molecule has 43 heavy (non-hydrogen) atoms. The Kier molecular flexibility index (Phi) is 10.1. The van der Waals surface area contributed by atoms with Gasteiger partial charge < -0.3 is 24.5 Å². The van der Waals surface area contributed by atoms with Crippen LogP contribution in [0.2, 0.25) is 0 Å². The molecule has 0 aliphatic carbocycles. The molecule has 1 aliphatic rings. The lowest BCUT2D eigenvalue weighted by Crippen LogP contribution is -2.37. The summed E-state index contributed by atoms with van der Waals surface area (Å²) >= 11 is 0. The molecule has 2 unspecified atom stereocenters. The van der Waals surface area contributed by atoms with Crippen molar-refractivity contribution in [1.82, 2.24) is 4.57 Å². The third-order valence-corrected chi connectivity index (χ3v) is 7.82. The predicted molar refractivity (Wildman–Crippen MR) is 169 cm³/mol. The minimum Gasteiger partial charge on any atom is -0.393 e. The zero-order chi connectivity index (χ0) is 30.3. The van der Waals surface area contributed by atoms with Crippen LogP contribution in [0.4, 0.5) is 10.1 Å². The summed E-state index contributed by atoms with van der Waals surface area (Å²) in [5, 5.41) is 13.7. The van der Waals surface area contributed by atoms with Crippen molar-refractivity contribution in [3.63, 3.8) is 0 Å². The number of aromatic nitrogens is 1. The number of carbonyl (C=O) groups excluding carboxylic acids is 1. The quantitative estimate of drug-likeness (QED) is 0.187. The van der Waals surface area contributed by atoms with Crippen molar-refractivity contribution in [2.45, 2.75) is 77.4 Å². The highest BCUT2D eigenvalue weighted by atomic mass is 19.1. The highest BCUT2D eigenvalue weighted by Gasteiger charge is 2.33. The minimum absolute atomic E-state index is 0.00770. The minimum atomic E-state index is -0.501. The van der Waals surface area contributed by atoms with Crippen molar-refractivity contribution >= 4 is 11.6 Å². The smallest absolute Gasteiger partial charge is 0.258 e. The van der Waals surface area contributed by atoms with Gasteiger partial charge in [0, 0.05) is 36.5 Å². The van der Waals surface area contributed by atoms with Gasteiger partial charge >= 0.3 is 0 Å². The van der Waals surface area contributed by atoms with Crippen molar-refractivity contribution in [3.8, 4) is 22.4 Å². The summed E-state index contributed by atoms with van der Waals surface area (Å²) in [5.41, 5.74) is 5.56. The molecular formula is C36H41FN2O4. The Bertz CT molecular complexity index is 1490. The van der Waals surface area contributed by atoms with Gasteiger partial charge in [-0.3, -0.25) is 4.79 Å². The summed E-state index contributed by atoms with van der Waals surface area (Å²) in [7, 11) is 0. The van der Waals surface area contributed by atoms with E-state index < -0.39 is 12.4 Å². The highest BCUT2D eigenvalue weighted by Crippen LogP contribution is 2.43. The zero-order valence-electron chi connectivity index (χ0n) is 25.1. The van der Waals surface area contributed by atoms with Crippen LogP contribution in [0.5, 0.6) is 0 Å². The number of nitrogens with zero attached hydrogens (tertiary/aromatic N) is 1. The molecule has 0 saturated carbocycles. The monoisotopic (exact) mass is 584 g/mol. The summed E-state index contributed by atoms with van der Waals surface area (Å²) < 4.78 is 28.4. The Morgan fingerprint density at radius 3 is 2.33 bits per heavy atom. The normalized spacial score (nSPS) is 18.6. The maximum absolute atomic E-state index is 14.2. The number of benzene rings is 3. The molecule has 1 fully saturated rings. The Labute approximate surface area is 253 Å². The van der Waals surface area contributed by atoms with Crippen molar-refractivity contribution < 1.29 is 23.8 Å². The first-order chi connectivity index (χ1) is 20.9. The fourth-order valence-electron chi connectivity index (χ4n) is 5.97. The third kappa shape index (κ3) is 7.24. The van der Waals surface area contributed by atoms with Crippen molar-refractivity contribution in [1.29, 1.82) is 0 Å². The number of ether oxygens (including phenoxy) is 2. The summed E-state index contributed by atoms with van der Waals surface area (Å²) in [6, 6.07) is 25.8. The van der Waals surface area contributed by atoms with Gasteiger partial charge in [0.1, 0.15) is 5.82 Å².